The maximum absolute atomic E-state index is 13.2. The number of hydrogen-bond acceptors (Lipinski definition) is 6. The minimum Gasteiger partial charge on any atom is -0.337 e. The lowest BCUT2D eigenvalue weighted by Gasteiger charge is -2.15. The van der Waals surface area contributed by atoms with E-state index in [1.807, 2.05) is 49.5 Å². The molecule has 6 rings (SSSR count). The van der Waals surface area contributed by atoms with Crippen LogP contribution in [0, 0.1) is 6.92 Å². The van der Waals surface area contributed by atoms with Gasteiger partial charge in [-0.05, 0) is 60.4 Å². The molecule has 1 amide bonds. The molecule has 170 valence electrons. The number of carbonyl (C=O) groups excluding carboxylic acids is 1. The van der Waals surface area contributed by atoms with E-state index in [0.717, 1.165) is 41.8 Å². The second-order valence-electron chi connectivity index (χ2n) is 8.96. The van der Waals surface area contributed by atoms with E-state index in [1.54, 1.807) is 4.68 Å². The lowest BCUT2D eigenvalue weighted by molar-refractivity contribution is 0.0784. The molecule has 0 saturated carbocycles. The van der Waals surface area contributed by atoms with E-state index in [0.29, 0.717) is 29.9 Å². The Kier molecular flexibility index (Phi) is 4.86. The number of nitrogens with zero attached hydrogens (tertiary/aromatic N) is 6. The lowest BCUT2D eigenvalue weighted by Crippen LogP contribution is -2.28. The third kappa shape index (κ3) is 3.61. The number of amides is 1. The zero-order chi connectivity index (χ0) is 23.2. The average molecular weight is 453 g/mol. The summed E-state index contributed by atoms with van der Waals surface area (Å²) in [6, 6.07) is 12.3. The van der Waals surface area contributed by atoms with Crippen LogP contribution in [0.4, 0.5) is 0 Å². The first-order chi connectivity index (χ1) is 16.5. The molecule has 8 nitrogen and oxygen atoms in total. The van der Waals surface area contributed by atoms with E-state index < -0.39 is 0 Å². The summed E-state index contributed by atoms with van der Waals surface area (Å²) < 4.78 is 7.12. The minimum absolute atomic E-state index is 0.0199. The van der Waals surface area contributed by atoms with Gasteiger partial charge in [-0.3, -0.25) is 14.5 Å². The number of likely N-dealkylation sites (tertiary alicyclic amines) is 1. The summed E-state index contributed by atoms with van der Waals surface area (Å²) in [7, 11) is 1.88. The highest BCUT2D eigenvalue weighted by Crippen LogP contribution is 2.34. The minimum atomic E-state index is -0.0199. The number of benzene rings is 1. The van der Waals surface area contributed by atoms with Crippen LogP contribution in [0.15, 0.2) is 53.3 Å². The van der Waals surface area contributed by atoms with Gasteiger partial charge in [0.15, 0.2) is 11.5 Å². The molecule has 1 aromatic carbocycles. The molecule has 1 atom stereocenters. The van der Waals surface area contributed by atoms with Crippen molar-refractivity contribution in [1.29, 1.82) is 0 Å². The molecule has 1 aliphatic heterocycles. The van der Waals surface area contributed by atoms with Crippen LogP contribution in [0.25, 0.3) is 22.9 Å². The molecular formula is C26H24N6O2. The van der Waals surface area contributed by atoms with Gasteiger partial charge in [0.1, 0.15) is 0 Å². The normalized spacial score (nSPS) is 17.2. The fraction of sp³-hybridized carbons (Fsp3) is 0.269. The number of rotatable bonds is 4. The quantitative estimate of drug-likeness (QED) is 0.467. The molecule has 4 aromatic rings. The molecule has 34 heavy (non-hydrogen) atoms. The number of hydrogen-bond donors (Lipinski definition) is 0. The van der Waals surface area contributed by atoms with E-state index in [1.165, 1.54) is 11.1 Å². The second-order valence-corrected chi connectivity index (χ2v) is 8.96. The molecule has 8 heteroatoms. The molecule has 2 aliphatic rings. The van der Waals surface area contributed by atoms with Crippen LogP contribution < -0.4 is 0 Å². The second kappa shape index (κ2) is 8.06. The van der Waals surface area contributed by atoms with Gasteiger partial charge in [0.05, 0.1) is 5.69 Å². The summed E-state index contributed by atoms with van der Waals surface area (Å²) in [6.07, 6.45) is 7.43. The Balaban J connectivity index is 1.22. The first kappa shape index (κ1) is 20.5. The van der Waals surface area contributed by atoms with Gasteiger partial charge < -0.3 is 9.42 Å². The molecule has 1 fully saturated rings. The van der Waals surface area contributed by atoms with E-state index in [-0.39, 0.29) is 5.91 Å². The summed E-state index contributed by atoms with van der Waals surface area (Å²) in [5, 5.41) is 8.45. The van der Waals surface area contributed by atoms with Crippen molar-refractivity contribution in [2.45, 2.75) is 25.7 Å². The van der Waals surface area contributed by atoms with Gasteiger partial charge in [0.2, 0.25) is 0 Å². The molecule has 0 radical (unpaired) electrons. The predicted molar refractivity (Wildman–Crippen MR) is 127 cm³/mol. The van der Waals surface area contributed by atoms with Gasteiger partial charge in [-0.15, -0.1) is 0 Å². The van der Waals surface area contributed by atoms with Crippen LogP contribution >= 0.6 is 0 Å². The van der Waals surface area contributed by atoms with E-state index in [4.69, 9.17) is 4.52 Å². The lowest BCUT2D eigenvalue weighted by atomic mass is 10.00. The van der Waals surface area contributed by atoms with Gasteiger partial charge in [-0.2, -0.15) is 10.1 Å². The molecule has 0 bridgehead atoms. The molecule has 0 N–H and O–H groups in total. The Morgan fingerprint density at radius 3 is 2.79 bits per heavy atom. The van der Waals surface area contributed by atoms with Crippen LogP contribution in [-0.2, 0) is 13.5 Å². The first-order valence-electron chi connectivity index (χ1n) is 11.4. The summed E-state index contributed by atoms with van der Waals surface area (Å²) in [5.41, 5.74) is 6.99. The number of fused-ring (bicyclic) bond motifs is 1. The van der Waals surface area contributed by atoms with Crippen molar-refractivity contribution in [2.75, 3.05) is 13.1 Å². The highest BCUT2D eigenvalue weighted by molar-refractivity contribution is 5.94. The van der Waals surface area contributed by atoms with Gasteiger partial charge in [0, 0.05) is 56.0 Å². The Morgan fingerprint density at radius 2 is 2.00 bits per heavy atom. The standard InChI is InChI=1S/C26H24N6O2/c1-16-28-25(34-30-16)22-11-18-3-4-19(12-21(18)13-22)24-14-23(29-31(24)2)26(33)32-10-7-20(15-32)17-5-8-27-9-6-17/h3-6,8-9,12-14,20H,7,10-11,15H2,1-2H3. The summed E-state index contributed by atoms with van der Waals surface area (Å²) in [4.78, 5) is 23.6. The molecule has 1 unspecified atom stereocenters. The largest absolute Gasteiger partial charge is 0.337 e. The summed E-state index contributed by atoms with van der Waals surface area (Å²) in [5.74, 6) is 1.52. The monoisotopic (exact) mass is 452 g/mol. The van der Waals surface area contributed by atoms with Crippen LogP contribution in [0.3, 0.4) is 0 Å². The molecule has 1 aliphatic carbocycles. The van der Waals surface area contributed by atoms with E-state index >= 15 is 0 Å². The van der Waals surface area contributed by atoms with Gasteiger partial charge in [-0.25, -0.2) is 0 Å². The predicted octanol–water partition coefficient (Wildman–Crippen LogP) is 3.90. The Morgan fingerprint density at radius 1 is 1.15 bits per heavy atom. The fourth-order valence-corrected chi connectivity index (χ4v) is 4.91. The Hall–Kier alpha value is -4.07. The number of aromatic nitrogens is 5. The first-order valence-corrected chi connectivity index (χ1v) is 11.4. The van der Waals surface area contributed by atoms with E-state index in [9.17, 15) is 4.79 Å². The average Bonchev–Trinajstić information content (AvgIpc) is 3.64. The van der Waals surface area contributed by atoms with Crippen molar-refractivity contribution in [3.63, 3.8) is 0 Å². The van der Waals surface area contributed by atoms with Crippen molar-refractivity contribution < 1.29 is 9.32 Å². The number of carbonyl (C=O) groups is 1. The molecular weight excluding hydrogens is 428 g/mol. The van der Waals surface area contributed by atoms with Crippen LogP contribution in [0.5, 0.6) is 0 Å². The SMILES string of the molecule is Cc1noc(C2=Cc3cc(-c4cc(C(=O)N5CCC(c6ccncc6)C5)nn4C)ccc3C2)n1. The van der Waals surface area contributed by atoms with Crippen molar-refractivity contribution in [1.82, 2.24) is 29.8 Å². The van der Waals surface area contributed by atoms with Crippen molar-refractivity contribution in [3.8, 4) is 11.3 Å². The summed E-state index contributed by atoms with van der Waals surface area (Å²) in [6.45, 7) is 3.26. The van der Waals surface area contributed by atoms with Crippen LogP contribution in [0.1, 0.15) is 51.2 Å². The number of aryl methyl sites for hydroxylation is 2. The third-order valence-electron chi connectivity index (χ3n) is 6.71. The number of pyridine rings is 1. The highest BCUT2D eigenvalue weighted by atomic mass is 16.5. The van der Waals surface area contributed by atoms with E-state index in [2.05, 4.69) is 44.5 Å². The molecule has 3 aromatic heterocycles. The Labute approximate surface area is 196 Å². The van der Waals surface area contributed by atoms with Gasteiger partial charge >= 0.3 is 0 Å². The maximum atomic E-state index is 13.2. The van der Waals surface area contributed by atoms with Crippen LogP contribution in [-0.4, -0.2) is 48.8 Å². The van der Waals surface area contributed by atoms with Gasteiger partial charge in [-0.1, -0.05) is 17.3 Å². The van der Waals surface area contributed by atoms with Crippen LogP contribution in [0.2, 0.25) is 0 Å². The Bertz CT molecular complexity index is 1420. The zero-order valence-electron chi connectivity index (χ0n) is 19.1. The zero-order valence-corrected chi connectivity index (χ0v) is 19.1. The smallest absolute Gasteiger partial charge is 0.274 e. The third-order valence-corrected chi connectivity index (χ3v) is 6.71. The maximum Gasteiger partial charge on any atom is 0.274 e. The van der Waals surface area contributed by atoms with Crippen molar-refractivity contribution >= 4 is 17.6 Å². The highest BCUT2D eigenvalue weighted by Gasteiger charge is 2.29. The molecule has 4 heterocycles. The molecule has 1 saturated heterocycles. The topological polar surface area (TPSA) is 89.9 Å². The van der Waals surface area contributed by atoms with Crippen molar-refractivity contribution in [2.24, 2.45) is 7.05 Å². The van der Waals surface area contributed by atoms with Crippen molar-refractivity contribution in [3.05, 3.63) is 82.9 Å². The fourth-order valence-electron chi connectivity index (χ4n) is 4.91. The van der Waals surface area contributed by atoms with Gasteiger partial charge in [0.25, 0.3) is 11.8 Å². The summed E-state index contributed by atoms with van der Waals surface area (Å²) >= 11 is 0. The number of allylic oxidation sites excluding steroid dienone is 1. The molecule has 0 spiro atoms.